The van der Waals surface area contributed by atoms with Crippen LogP contribution in [0.25, 0.3) is 10.9 Å². The molecule has 0 amide bonds. The van der Waals surface area contributed by atoms with Gasteiger partial charge in [-0.05, 0) is 49.4 Å². The molecule has 0 radical (unpaired) electrons. The van der Waals surface area contributed by atoms with Crippen molar-refractivity contribution in [3.05, 3.63) is 65.9 Å². The summed E-state index contributed by atoms with van der Waals surface area (Å²) in [6.45, 7) is 1.87. The van der Waals surface area contributed by atoms with Gasteiger partial charge >= 0.3 is 6.18 Å². The Bertz CT molecular complexity index is 827. The lowest BCUT2D eigenvalue weighted by molar-refractivity contribution is -0.137. The fraction of sp³-hybridized carbons (Fsp3) is 0.118. The predicted octanol–water partition coefficient (Wildman–Crippen LogP) is 5.35. The number of halogens is 3. The summed E-state index contributed by atoms with van der Waals surface area (Å²) in [5.74, 6) is 0.618. The molecule has 0 N–H and O–H groups in total. The number of fused-ring (bicyclic) bond motifs is 1. The molecule has 0 spiro atoms. The minimum atomic E-state index is -4.39. The highest BCUT2D eigenvalue weighted by molar-refractivity contribution is 5.85. The maximum atomic E-state index is 12.7. The zero-order valence-electron chi connectivity index (χ0n) is 11.7. The van der Waals surface area contributed by atoms with Crippen molar-refractivity contribution < 1.29 is 17.9 Å². The third kappa shape index (κ3) is 2.88. The Balaban J connectivity index is 2.00. The van der Waals surface area contributed by atoms with E-state index in [1.54, 1.807) is 12.1 Å². The maximum absolute atomic E-state index is 12.7. The molecule has 1 aromatic heterocycles. The first kappa shape index (κ1) is 14.4. The van der Waals surface area contributed by atoms with Gasteiger partial charge in [0, 0.05) is 11.1 Å². The number of rotatable bonds is 2. The lowest BCUT2D eigenvalue weighted by Crippen LogP contribution is -2.04. The van der Waals surface area contributed by atoms with Crippen LogP contribution in [0.15, 0.2) is 54.6 Å². The molecule has 0 fully saturated rings. The standard InChI is InChI=1S/C17H12F3NO/c1-11-8-9-14-15(21-11)6-3-7-16(14)22-13-5-2-4-12(10-13)17(18,19)20/h2-10H,1H3. The van der Waals surface area contributed by atoms with Crippen molar-refractivity contribution in [3.63, 3.8) is 0 Å². The Kier molecular flexibility index (Phi) is 3.48. The summed E-state index contributed by atoms with van der Waals surface area (Å²) < 4.78 is 43.8. The second-order valence-corrected chi connectivity index (χ2v) is 4.90. The quantitative estimate of drug-likeness (QED) is 0.636. The number of pyridine rings is 1. The molecular formula is C17H12F3NO. The van der Waals surface area contributed by atoms with E-state index in [2.05, 4.69) is 4.98 Å². The fourth-order valence-electron chi connectivity index (χ4n) is 2.18. The molecular weight excluding hydrogens is 291 g/mol. The number of nitrogens with zero attached hydrogens (tertiary/aromatic N) is 1. The van der Waals surface area contributed by atoms with Crippen LogP contribution in [0.4, 0.5) is 13.2 Å². The number of hydrogen-bond donors (Lipinski definition) is 0. The van der Waals surface area contributed by atoms with Gasteiger partial charge in [0.25, 0.3) is 0 Å². The summed E-state index contributed by atoms with van der Waals surface area (Å²) in [5.41, 5.74) is 0.868. The normalized spacial score (nSPS) is 11.6. The molecule has 3 aromatic rings. The summed E-state index contributed by atoms with van der Waals surface area (Å²) in [7, 11) is 0. The topological polar surface area (TPSA) is 22.1 Å². The largest absolute Gasteiger partial charge is 0.457 e. The van der Waals surface area contributed by atoms with Gasteiger partial charge in [0.2, 0.25) is 0 Å². The van der Waals surface area contributed by atoms with Crippen molar-refractivity contribution in [2.45, 2.75) is 13.1 Å². The van der Waals surface area contributed by atoms with E-state index in [1.165, 1.54) is 12.1 Å². The summed E-state index contributed by atoms with van der Waals surface area (Å²) >= 11 is 0. The number of alkyl halides is 3. The molecule has 0 saturated heterocycles. The predicted molar refractivity (Wildman–Crippen MR) is 78.0 cm³/mol. The number of hydrogen-bond acceptors (Lipinski definition) is 2. The van der Waals surface area contributed by atoms with Crippen LogP contribution in [0.1, 0.15) is 11.3 Å². The van der Waals surface area contributed by atoms with E-state index in [-0.39, 0.29) is 5.75 Å². The Labute approximate surface area is 125 Å². The average Bonchev–Trinajstić information content (AvgIpc) is 2.46. The van der Waals surface area contributed by atoms with Crippen LogP contribution < -0.4 is 4.74 Å². The monoisotopic (exact) mass is 303 g/mol. The Morgan fingerprint density at radius 2 is 1.73 bits per heavy atom. The molecule has 2 nitrogen and oxygen atoms in total. The molecule has 5 heteroatoms. The fourth-order valence-corrected chi connectivity index (χ4v) is 2.18. The van der Waals surface area contributed by atoms with Gasteiger partial charge in [-0.3, -0.25) is 4.98 Å². The minimum absolute atomic E-state index is 0.142. The smallest absolute Gasteiger partial charge is 0.416 e. The molecule has 0 saturated carbocycles. The van der Waals surface area contributed by atoms with Crippen molar-refractivity contribution in [2.24, 2.45) is 0 Å². The molecule has 0 bridgehead atoms. The third-order valence-electron chi connectivity index (χ3n) is 3.22. The molecule has 1 heterocycles. The Morgan fingerprint density at radius 3 is 2.50 bits per heavy atom. The van der Waals surface area contributed by atoms with Crippen LogP contribution in [0.3, 0.4) is 0 Å². The summed E-state index contributed by atoms with van der Waals surface area (Å²) in [6.07, 6.45) is -4.39. The van der Waals surface area contributed by atoms with Crippen LogP contribution in [-0.4, -0.2) is 4.98 Å². The number of benzene rings is 2. The second-order valence-electron chi connectivity index (χ2n) is 4.90. The van der Waals surface area contributed by atoms with Crippen molar-refractivity contribution in [3.8, 4) is 11.5 Å². The van der Waals surface area contributed by atoms with Gasteiger partial charge in [0.05, 0.1) is 11.1 Å². The van der Waals surface area contributed by atoms with E-state index >= 15 is 0 Å². The summed E-state index contributed by atoms with van der Waals surface area (Å²) in [6, 6.07) is 13.8. The van der Waals surface area contributed by atoms with E-state index in [4.69, 9.17) is 4.74 Å². The highest BCUT2D eigenvalue weighted by Crippen LogP contribution is 2.34. The van der Waals surface area contributed by atoms with Gasteiger partial charge in [-0.15, -0.1) is 0 Å². The third-order valence-corrected chi connectivity index (χ3v) is 3.22. The highest BCUT2D eigenvalue weighted by Gasteiger charge is 2.30. The van der Waals surface area contributed by atoms with Crippen molar-refractivity contribution in [1.82, 2.24) is 4.98 Å². The molecule has 112 valence electrons. The van der Waals surface area contributed by atoms with Gasteiger partial charge < -0.3 is 4.74 Å². The van der Waals surface area contributed by atoms with Gasteiger partial charge in [-0.1, -0.05) is 12.1 Å². The molecule has 0 aliphatic carbocycles. The first-order chi connectivity index (χ1) is 10.4. The van der Waals surface area contributed by atoms with Crippen molar-refractivity contribution in [2.75, 3.05) is 0 Å². The van der Waals surface area contributed by atoms with Crippen LogP contribution in [-0.2, 0) is 6.18 Å². The molecule has 3 rings (SSSR count). The summed E-state index contributed by atoms with van der Waals surface area (Å²) in [4.78, 5) is 4.37. The maximum Gasteiger partial charge on any atom is 0.416 e. The van der Waals surface area contributed by atoms with Gasteiger partial charge in [-0.2, -0.15) is 13.2 Å². The van der Waals surface area contributed by atoms with E-state index in [9.17, 15) is 13.2 Å². The van der Waals surface area contributed by atoms with E-state index in [0.29, 0.717) is 5.75 Å². The van der Waals surface area contributed by atoms with Crippen LogP contribution >= 0.6 is 0 Å². The Morgan fingerprint density at radius 1 is 0.955 bits per heavy atom. The van der Waals surface area contributed by atoms with Crippen LogP contribution in [0.5, 0.6) is 11.5 Å². The zero-order chi connectivity index (χ0) is 15.7. The van der Waals surface area contributed by atoms with Gasteiger partial charge in [0.1, 0.15) is 11.5 Å². The number of aryl methyl sites for hydroxylation is 1. The van der Waals surface area contributed by atoms with E-state index in [0.717, 1.165) is 28.7 Å². The van der Waals surface area contributed by atoms with Gasteiger partial charge in [0.15, 0.2) is 0 Å². The molecule has 0 aliphatic rings. The second kappa shape index (κ2) is 5.33. The lowest BCUT2D eigenvalue weighted by atomic mass is 10.2. The molecule has 0 atom stereocenters. The van der Waals surface area contributed by atoms with E-state index < -0.39 is 11.7 Å². The SMILES string of the molecule is Cc1ccc2c(Oc3cccc(C(F)(F)F)c3)cccc2n1. The first-order valence-corrected chi connectivity index (χ1v) is 6.65. The van der Waals surface area contributed by atoms with Crippen molar-refractivity contribution >= 4 is 10.9 Å². The molecule has 22 heavy (non-hydrogen) atoms. The van der Waals surface area contributed by atoms with Crippen LogP contribution in [0, 0.1) is 6.92 Å². The van der Waals surface area contributed by atoms with E-state index in [1.807, 2.05) is 25.1 Å². The first-order valence-electron chi connectivity index (χ1n) is 6.65. The molecule has 2 aromatic carbocycles. The van der Waals surface area contributed by atoms with Gasteiger partial charge in [-0.25, -0.2) is 0 Å². The number of aromatic nitrogens is 1. The minimum Gasteiger partial charge on any atom is -0.457 e. The molecule has 0 unspecified atom stereocenters. The average molecular weight is 303 g/mol. The Hall–Kier alpha value is -2.56. The summed E-state index contributed by atoms with van der Waals surface area (Å²) in [5, 5.41) is 0.755. The van der Waals surface area contributed by atoms with Crippen molar-refractivity contribution in [1.29, 1.82) is 0 Å². The highest BCUT2D eigenvalue weighted by atomic mass is 19.4. The number of ether oxygens (including phenoxy) is 1. The van der Waals surface area contributed by atoms with Crippen LogP contribution in [0.2, 0.25) is 0 Å². The molecule has 0 aliphatic heterocycles. The lowest BCUT2D eigenvalue weighted by Gasteiger charge is -2.11. The zero-order valence-corrected chi connectivity index (χ0v) is 11.7.